The number of hydrogen-bond donors (Lipinski definition) is 0. The summed E-state index contributed by atoms with van der Waals surface area (Å²) in [5.74, 6) is 0.223. The predicted molar refractivity (Wildman–Crippen MR) is 49.5 cm³/mol. The van der Waals surface area contributed by atoms with Crippen LogP contribution in [0.1, 0.15) is 12.0 Å². The Balaban J connectivity index is 1.96. The lowest BCUT2D eigenvalue weighted by atomic mass is 10.1. The van der Waals surface area contributed by atoms with Gasteiger partial charge in [-0.2, -0.15) is 0 Å². The van der Waals surface area contributed by atoms with E-state index in [4.69, 9.17) is 4.74 Å². The van der Waals surface area contributed by atoms with Crippen molar-refractivity contribution in [3.8, 4) is 0 Å². The summed E-state index contributed by atoms with van der Waals surface area (Å²) in [5.41, 5.74) is 1.24. The summed E-state index contributed by atoms with van der Waals surface area (Å²) in [6, 6.07) is 10.1. The van der Waals surface area contributed by atoms with Crippen molar-refractivity contribution in [2.45, 2.75) is 18.9 Å². The molecule has 1 fully saturated rings. The lowest BCUT2D eigenvalue weighted by Gasteiger charge is -2.07. The molecule has 1 aromatic carbocycles. The quantitative estimate of drug-likeness (QED) is 0.684. The number of ether oxygens (including phenoxy) is 1. The number of ketones is 1. The Morgan fingerprint density at radius 1 is 1.31 bits per heavy atom. The molecule has 1 atom stereocenters. The van der Waals surface area contributed by atoms with Gasteiger partial charge in [-0.25, -0.2) is 0 Å². The Labute approximate surface area is 77.5 Å². The largest absolute Gasteiger partial charge is 0.370 e. The maximum atomic E-state index is 10.9. The molecule has 2 nitrogen and oxygen atoms in total. The van der Waals surface area contributed by atoms with Gasteiger partial charge in [-0.3, -0.25) is 4.79 Å². The molecular weight excluding hydrogens is 164 g/mol. The van der Waals surface area contributed by atoms with Crippen molar-refractivity contribution in [3.05, 3.63) is 35.9 Å². The monoisotopic (exact) mass is 176 g/mol. The number of carbonyl (C=O) groups is 1. The van der Waals surface area contributed by atoms with E-state index in [0.29, 0.717) is 13.0 Å². The normalized spacial score (nSPS) is 22.2. The Bertz CT molecular complexity index is 292. The van der Waals surface area contributed by atoms with Crippen LogP contribution in [0, 0.1) is 0 Å². The topological polar surface area (TPSA) is 26.3 Å². The molecule has 0 saturated carbocycles. The molecule has 68 valence electrons. The van der Waals surface area contributed by atoms with E-state index in [-0.39, 0.29) is 11.9 Å². The predicted octanol–water partition coefficient (Wildman–Crippen LogP) is 1.59. The van der Waals surface area contributed by atoms with E-state index in [1.54, 1.807) is 0 Å². The van der Waals surface area contributed by atoms with Crippen LogP contribution in [0.3, 0.4) is 0 Å². The van der Waals surface area contributed by atoms with Gasteiger partial charge in [-0.05, 0) is 12.0 Å². The fourth-order valence-corrected chi connectivity index (χ4v) is 1.59. The maximum absolute atomic E-state index is 10.9. The van der Waals surface area contributed by atoms with Crippen molar-refractivity contribution in [3.63, 3.8) is 0 Å². The zero-order chi connectivity index (χ0) is 9.10. The Morgan fingerprint density at radius 2 is 2.08 bits per heavy atom. The molecule has 0 bridgehead atoms. The summed E-state index contributed by atoms with van der Waals surface area (Å²) < 4.78 is 5.32. The van der Waals surface area contributed by atoms with Crippen LogP contribution >= 0.6 is 0 Å². The highest BCUT2D eigenvalue weighted by molar-refractivity contribution is 5.81. The SMILES string of the molecule is O=C1COC(Cc2ccccc2)C1. The Morgan fingerprint density at radius 3 is 2.69 bits per heavy atom. The van der Waals surface area contributed by atoms with Crippen molar-refractivity contribution < 1.29 is 9.53 Å². The number of hydrogen-bond acceptors (Lipinski definition) is 2. The second kappa shape index (κ2) is 3.71. The van der Waals surface area contributed by atoms with Crippen molar-refractivity contribution >= 4 is 5.78 Å². The van der Waals surface area contributed by atoms with Crippen LogP contribution in [0.15, 0.2) is 30.3 Å². The van der Waals surface area contributed by atoms with Gasteiger partial charge in [0, 0.05) is 6.42 Å². The standard InChI is InChI=1S/C11H12O2/c12-10-7-11(13-8-10)6-9-4-2-1-3-5-9/h1-5,11H,6-8H2. The van der Waals surface area contributed by atoms with Crippen molar-refractivity contribution in [1.82, 2.24) is 0 Å². The third-order valence-corrected chi connectivity index (χ3v) is 2.24. The molecule has 0 amide bonds. The lowest BCUT2D eigenvalue weighted by molar-refractivity contribution is -0.117. The van der Waals surface area contributed by atoms with Gasteiger partial charge >= 0.3 is 0 Å². The summed E-state index contributed by atoms with van der Waals surface area (Å²) in [5, 5.41) is 0. The third-order valence-electron chi connectivity index (χ3n) is 2.24. The highest BCUT2D eigenvalue weighted by Gasteiger charge is 2.22. The van der Waals surface area contributed by atoms with Crippen molar-refractivity contribution in [1.29, 1.82) is 0 Å². The van der Waals surface area contributed by atoms with E-state index in [0.717, 1.165) is 6.42 Å². The van der Waals surface area contributed by atoms with Gasteiger partial charge in [0.25, 0.3) is 0 Å². The summed E-state index contributed by atoms with van der Waals surface area (Å²) in [7, 11) is 0. The molecular formula is C11H12O2. The zero-order valence-corrected chi connectivity index (χ0v) is 7.40. The first kappa shape index (κ1) is 8.45. The molecule has 0 spiro atoms. The second-order valence-corrected chi connectivity index (χ2v) is 3.37. The first-order valence-electron chi connectivity index (χ1n) is 4.52. The summed E-state index contributed by atoms with van der Waals surface area (Å²) in [6.07, 6.45) is 1.54. The summed E-state index contributed by atoms with van der Waals surface area (Å²) in [6.45, 7) is 0.303. The van der Waals surface area contributed by atoms with E-state index in [9.17, 15) is 4.79 Å². The highest BCUT2D eigenvalue weighted by atomic mass is 16.5. The smallest absolute Gasteiger partial charge is 0.161 e. The average molecular weight is 176 g/mol. The third kappa shape index (κ3) is 2.16. The Kier molecular flexibility index (Phi) is 2.41. The van der Waals surface area contributed by atoms with E-state index in [2.05, 4.69) is 12.1 Å². The molecule has 1 saturated heterocycles. The lowest BCUT2D eigenvalue weighted by Crippen LogP contribution is -2.08. The fraction of sp³-hybridized carbons (Fsp3) is 0.364. The molecule has 0 radical (unpaired) electrons. The van der Waals surface area contributed by atoms with Crippen molar-refractivity contribution in [2.24, 2.45) is 0 Å². The minimum Gasteiger partial charge on any atom is -0.370 e. The van der Waals surface area contributed by atoms with Crippen LogP contribution in [0.5, 0.6) is 0 Å². The number of benzene rings is 1. The van der Waals surface area contributed by atoms with Gasteiger partial charge in [0.05, 0.1) is 6.10 Å². The van der Waals surface area contributed by atoms with Crippen LogP contribution < -0.4 is 0 Å². The first-order chi connectivity index (χ1) is 6.34. The highest BCUT2D eigenvalue weighted by Crippen LogP contribution is 2.14. The van der Waals surface area contributed by atoms with Crippen LogP contribution in [0.4, 0.5) is 0 Å². The van der Waals surface area contributed by atoms with Crippen LogP contribution in [-0.4, -0.2) is 18.5 Å². The van der Waals surface area contributed by atoms with Crippen LogP contribution in [-0.2, 0) is 16.0 Å². The fourth-order valence-electron chi connectivity index (χ4n) is 1.59. The maximum Gasteiger partial charge on any atom is 0.161 e. The molecule has 0 N–H and O–H groups in total. The minimum atomic E-state index is 0.106. The zero-order valence-electron chi connectivity index (χ0n) is 7.40. The van der Waals surface area contributed by atoms with Gasteiger partial charge in [0.2, 0.25) is 0 Å². The van der Waals surface area contributed by atoms with Crippen LogP contribution in [0.25, 0.3) is 0 Å². The first-order valence-corrected chi connectivity index (χ1v) is 4.52. The van der Waals surface area contributed by atoms with E-state index in [1.807, 2.05) is 18.2 Å². The van der Waals surface area contributed by atoms with Gasteiger partial charge in [-0.1, -0.05) is 30.3 Å². The molecule has 1 unspecified atom stereocenters. The molecule has 13 heavy (non-hydrogen) atoms. The number of Topliss-reactive ketones (excluding diaryl/α,β-unsaturated/α-hetero) is 1. The van der Waals surface area contributed by atoms with Crippen LogP contribution in [0.2, 0.25) is 0 Å². The van der Waals surface area contributed by atoms with E-state index in [1.165, 1.54) is 5.56 Å². The van der Waals surface area contributed by atoms with Gasteiger partial charge in [-0.15, -0.1) is 0 Å². The molecule has 1 heterocycles. The Hall–Kier alpha value is -1.15. The van der Waals surface area contributed by atoms with E-state index < -0.39 is 0 Å². The van der Waals surface area contributed by atoms with Gasteiger partial charge < -0.3 is 4.74 Å². The summed E-state index contributed by atoms with van der Waals surface area (Å²) in [4.78, 5) is 10.9. The average Bonchev–Trinajstić information content (AvgIpc) is 2.53. The number of rotatable bonds is 2. The molecule has 1 aliphatic heterocycles. The van der Waals surface area contributed by atoms with Crippen molar-refractivity contribution in [2.75, 3.05) is 6.61 Å². The molecule has 2 heteroatoms. The van der Waals surface area contributed by atoms with Gasteiger partial charge in [0.1, 0.15) is 6.61 Å². The molecule has 0 aromatic heterocycles. The second-order valence-electron chi connectivity index (χ2n) is 3.37. The molecule has 1 aromatic rings. The minimum absolute atomic E-state index is 0.106. The molecule has 0 aliphatic carbocycles. The molecule has 1 aliphatic rings. The van der Waals surface area contributed by atoms with Gasteiger partial charge in [0.15, 0.2) is 5.78 Å². The number of carbonyl (C=O) groups excluding carboxylic acids is 1. The molecule has 2 rings (SSSR count). The summed E-state index contributed by atoms with van der Waals surface area (Å²) >= 11 is 0. The van der Waals surface area contributed by atoms with E-state index >= 15 is 0 Å².